The lowest BCUT2D eigenvalue weighted by Crippen LogP contribution is -2.06. The molecular weight excluding hydrogens is 316 g/mol. The Morgan fingerprint density at radius 3 is 2.68 bits per heavy atom. The summed E-state index contributed by atoms with van der Waals surface area (Å²) in [6, 6.07) is 13.3. The Balaban J connectivity index is 2.02. The number of fused-ring (bicyclic) bond motifs is 1. The van der Waals surface area contributed by atoms with Crippen LogP contribution in [0.15, 0.2) is 55.1 Å². The highest BCUT2D eigenvalue weighted by Crippen LogP contribution is 2.31. The average Bonchev–Trinajstić information content (AvgIpc) is 2.66. The molecular formula is C19H20N4O2. The lowest BCUT2D eigenvalue weighted by molar-refractivity contribution is 0.405. The predicted molar refractivity (Wildman–Crippen MR) is 101 cm³/mol. The van der Waals surface area contributed by atoms with E-state index < -0.39 is 0 Å². The van der Waals surface area contributed by atoms with Crippen molar-refractivity contribution in [3.63, 3.8) is 0 Å². The minimum atomic E-state index is 0.469. The molecule has 0 aliphatic heterocycles. The van der Waals surface area contributed by atoms with Crippen molar-refractivity contribution in [3.8, 4) is 11.5 Å². The molecule has 0 saturated heterocycles. The van der Waals surface area contributed by atoms with E-state index in [4.69, 9.17) is 9.47 Å². The van der Waals surface area contributed by atoms with Crippen molar-refractivity contribution in [2.45, 2.75) is 0 Å². The first-order valence-corrected chi connectivity index (χ1v) is 7.85. The molecule has 6 nitrogen and oxygen atoms in total. The molecule has 1 aromatic heterocycles. The summed E-state index contributed by atoms with van der Waals surface area (Å²) in [5, 5.41) is 7.42. The van der Waals surface area contributed by atoms with E-state index in [-0.39, 0.29) is 0 Å². The van der Waals surface area contributed by atoms with Crippen LogP contribution in [0.1, 0.15) is 0 Å². The van der Waals surface area contributed by atoms with Gasteiger partial charge in [-0.2, -0.15) is 4.98 Å². The second kappa shape index (κ2) is 7.53. The van der Waals surface area contributed by atoms with Gasteiger partial charge in [-0.3, -0.25) is 0 Å². The highest BCUT2D eigenvalue weighted by Gasteiger charge is 2.10. The maximum atomic E-state index is 5.40. The highest BCUT2D eigenvalue weighted by atomic mass is 16.5. The first kappa shape index (κ1) is 16.6. The van der Waals surface area contributed by atoms with Crippen LogP contribution < -0.4 is 20.1 Å². The fourth-order valence-electron chi connectivity index (χ4n) is 2.47. The number of nitrogens with zero attached hydrogens (tertiary/aromatic N) is 2. The molecule has 1 heterocycles. The van der Waals surface area contributed by atoms with E-state index >= 15 is 0 Å². The molecule has 128 valence electrons. The monoisotopic (exact) mass is 336 g/mol. The number of ether oxygens (including phenoxy) is 2. The van der Waals surface area contributed by atoms with Gasteiger partial charge in [0.05, 0.1) is 25.4 Å². The molecule has 0 atom stereocenters. The molecule has 0 fully saturated rings. The molecule has 0 saturated carbocycles. The van der Waals surface area contributed by atoms with Gasteiger partial charge in [0, 0.05) is 18.0 Å². The lowest BCUT2D eigenvalue weighted by atomic mass is 10.2. The number of anilines is 3. The molecule has 3 rings (SSSR count). The van der Waals surface area contributed by atoms with Crippen molar-refractivity contribution in [1.82, 2.24) is 9.97 Å². The summed E-state index contributed by atoms with van der Waals surface area (Å²) in [5.74, 6) is 2.61. The number of para-hydroxylation sites is 1. The van der Waals surface area contributed by atoms with Crippen LogP contribution in [-0.4, -0.2) is 30.7 Å². The summed E-state index contributed by atoms with van der Waals surface area (Å²) in [7, 11) is 3.24. The molecule has 2 aromatic carbocycles. The molecule has 0 amide bonds. The summed E-state index contributed by atoms with van der Waals surface area (Å²) >= 11 is 0. The van der Waals surface area contributed by atoms with Crippen molar-refractivity contribution >= 4 is 28.4 Å². The van der Waals surface area contributed by atoms with E-state index in [0.717, 1.165) is 22.4 Å². The van der Waals surface area contributed by atoms with Crippen molar-refractivity contribution in [3.05, 3.63) is 55.1 Å². The molecule has 3 aromatic rings. The number of hydrogen-bond acceptors (Lipinski definition) is 6. The third kappa shape index (κ3) is 3.63. The fourth-order valence-corrected chi connectivity index (χ4v) is 2.47. The van der Waals surface area contributed by atoms with E-state index in [9.17, 15) is 0 Å². The number of nitrogens with one attached hydrogen (secondary N) is 2. The van der Waals surface area contributed by atoms with Gasteiger partial charge in [-0.25, -0.2) is 4.98 Å². The summed E-state index contributed by atoms with van der Waals surface area (Å²) in [6.07, 6.45) is 1.79. The van der Waals surface area contributed by atoms with Crippen LogP contribution in [0.3, 0.4) is 0 Å². The Morgan fingerprint density at radius 1 is 1.08 bits per heavy atom. The summed E-state index contributed by atoms with van der Waals surface area (Å²) in [6.45, 7) is 4.35. The van der Waals surface area contributed by atoms with Crippen molar-refractivity contribution < 1.29 is 9.47 Å². The van der Waals surface area contributed by atoms with E-state index in [2.05, 4.69) is 27.2 Å². The van der Waals surface area contributed by atoms with Crippen LogP contribution in [0.25, 0.3) is 10.9 Å². The third-order valence-electron chi connectivity index (χ3n) is 3.67. The first-order chi connectivity index (χ1) is 12.2. The molecule has 0 spiro atoms. The van der Waals surface area contributed by atoms with Gasteiger partial charge in [-0.1, -0.05) is 18.2 Å². The first-order valence-electron chi connectivity index (χ1n) is 7.85. The Morgan fingerprint density at radius 2 is 1.92 bits per heavy atom. The van der Waals surface area contributed by atoms with E-state index in [1.807, 2.05) is 42.5 Å². The molecule has 0 bridgehead atoms. The number of hydrogen-bond donors (Lipinski definition) is 2. The lowest BCUT2D eigenvalue weighted by Gasteiger charge is -2.14. The molecule has 0 radical (unpaired) electrons. The molecule has 0 aliphatic rings. The zero-order valence-electron chi connectivity index (χ0n) is 14.2. The molecule has 2 N–H and O–H groups in total. The van der Waals surface area contributed by atoms with Crippen LogP contribution in [0, 0.1) is 0 Å². The molecule has 0 unspecified atom stereocenters. The zero-order valence-corrected chi connectivity index (χ0v) is 14.2. The maximum absolute atomic E-state index is 5.40. The summed E-state index contributed by atoms with van der Waals surface area (Å²) in [4.78, 5) is 9.17. The number of rotatable bonds is 7. The minimum Gasteiger partial charge on any atom is -0.497 e. The van der Waals surface area contributed by atoms with Crippen LogP contribution >= 0.6 is 0 Å². The second-order valence-corrected chi connectivity index (χ2v) is 5.27. The van der Waals surface area contributed by atoms with Gasteiger partial charge < -0.3 is 20.1 Å². The van der Waals surface area contributed by atoms with E-state index in [0.29, 0.717) is 24.0 Å². The summed E-state index contributed by atoms with van der Waals surface area (Å²) in [5.41, 5.74) is 1.57. The van der Waals surface area contributed by atoms with E-state index in [1.54, 1.807) is 20.3 Å². The predicted octanol–water partition coefficient (Wildman–Crippen LogP) is 3.99. The topological polar surface area (TPSA) is 68.3 Å². The van der Waals surface area contributed by atoms with Gasteiger partial charge >= 0.3 is 0 Å². The number of methoxy groups -OCH3 is 2. The average molecular weight is 336 g/mol. The Kier molecular flexibility index (Phi) is 4.99. The van der Waals surface area contributed by atoms with Gasteiger partial charge in [0.15, 0.2) is 0 Å². The van der Waals surface area contributed by atoms with Gasteiger partial charge in [0.1, 0.15) is 17.3 Å². The molecule has 0 aliphatic carbocycles. The van der Waals surface area contributed by atoms with Crippen molar-refractivity contribution in [1.29, 1.82) is 0 Å². The number of benzene rings is 2. The third-order valence-corrected chi connectivity index (χ3v) is 3.67. The summed E-state index contributed by atoms with van der Waals surface area (Å²) < 4.78 is 10.7. The van der Waals surface area contributed by atoms with Crippen LogP contribution in [0.5, 0.6) is 11.5 Å². The minimum absolute atomic E-state index is 0.469. The maximum Gasteiger partial charge on any atom is 0.229 e. The zero-order chi connectivity index (χ0) is 17.6. The van der Waals surface area contributed by atoms with Crippen LogP contribution in [0.2, 0.25) is 0 Å². The Labute approximate surface area is 146 Å². The molecule has 25 heavy (non-hydrogen) atoms. The normalized spacial score (nSPS) is 10.3. The van der Waals surface area contributed by atoms with Gasteiger partial charge in [0.2, 0.25) is 5.95 Å². The van der Waals surface area contributed by atoms with Crippen molar-refractivity contribution in [2.75, 3.05) is 31.4 Å². The Hall–Kier alpha value is -3.28. The van der Waals surface area contributed by atoms with Gasteiger partial charge in [0.25, 0.3) is 0 Å². The van der Waals surface area contributed by atoms with E-state index in [1.165, 1.54) is 0 Å². The molecule has 6 heteroatoms. The number of aromatic nitrogens is 2. The van der Waals surface area contributed by atoms with Gasteiger partial charge in [-0.15, -0.1) is 6.58 Å². The van der Waals surface area contributed by atoms with Crippen molar-refractivity contribution in [2.24, 2.45) is 0 Å². The fraction of sp³-hybridized carbons (Fsp3) is 0.158. The quantitative estimate of drug-likeness (QED) is 0.636. The van der Waals surface area contributed by atoms with Crippen LogP contribution in [-0.2, 0) is 0 Å². The smallest absolute Gasteiger partial charge is 0.229 e. The van der Waals surface area contributed by atoms with Gasteiger partial charge in [-0.05, 0) is 24.3 Å². The largest absolute Gasteiger partial charge is 0.497 e. The van der Waals surface area contributed by atoms with Crippen LogP contribution in [0.4, 0.5) is 17.5 Å². The standard InChI is InChI=1S/C19H20N4O2/c1-4-11-20-18-14-7-5-6-8-15(14)21-19(23-18)22-16-12-13(24-2)9-10-17(16)25-3/h4-10,12H,1,11H2,2-3H3,(H2,20,21,22,23). The second-order valence-electron chi connectivity index (χ2n) is 5.27. The Bertz CT molecular complexity index is 896. The highest BCUT2D eigenvalue weighted by molar-refractivity contribution is 5.90. The SMILES string of the molecule is C=CCNc1nc(Nc2cc(OC)ccc2OC)nc2ccccc12.